The molecule has 0 bridgehead atoms. The summed E-state index contributed by atoms with van der Waals surface area (Å²) in [5.41, 5.74) is 1.95. The van der Waals surface area contributed by atoms with Gasteiger partial charge < -0.3 is 14.9 Å². The number of hydrogen-bond donors (Lipinski definition) is 1. The number of hydrogen-bond acceptors (Lipinski definition) is 3. The van der Waals surface area contributed by atoms with Gasteiger partial charge in [0.2, 0.25) is 0 Å². The molecule has 1 heterocycles. The fourth-order valence-electron chi connectivity index (χ4n) is 3.95. The number of rotatable bonds is 7. The quantitative estimate of drug-likeness (QED) is 0.815. The topological polar surface area (TPSA) is 26.7 Å². The number of piperidine rings is 1. The summed E-state index contributed by atoms with van der Waals surface area (Å²) in [5, 5.41) is 9.60. The van der Waals surface area contributed by atoms with E-state index in [1.54, 1.807) is 18.2 Å². The molecule has 1 atom stereocenters. The predicted octanol–water partition coefficient (Wildman–Crippen LogP) is 3.92. The molecule has 140 valence electrons. The normalized spacial score (nSPS) is 18.3. The van der Waals surface area contributed by atoms with Gasteiger partial charge in [-0.2, -0.15) is 0 Å². The minimum Gasteiger partial charge on any atom is -0.508 e. The summed E-state index contributed by atoms with van der Waals surface area (Å²) < 4.78 is 13.8. The Morgan fingerprint density at radius 1 is 1.19 bits per heavy atom. The zero-order chi connectivity index (χ0) is 18.4. The van der Waals surface area contributed by atoms with Crippen LogP contribution in [-0.2, 0) is 13.0 Å². The number of benzene rings is 2. The number of aromatic hydroxyl groups is 1. The lowest BCUT2D eigenvalue weighted by molar-refractivity contribution is 0.142. The molecular formula is C22H29FN2O. The molecule has 2 aromatic rings. The second-order valence-electron chi connectivity index (χ2n) is 7.52. The Hall–Kier alpha value is -1.91. The molecular weight excluding hydrogens is 327 g/mol. The van der Waals surface area contributed by atoms with Crippen molar-refractivity contribution >= 4 is 0 Å². The maximum Gasteiger partial charge on any atom is 0.126 e. The lowest BCUT2D eigenvalue weighted by atomic mass is 9.97. The van der Waals surface area contributed by atoms with Crippen LogP contribution in [0.1, 0.15) is 24.0 Å². The second kappa shape index (κ2) is 9.15. The average Bonchev–Trinajstić information content (AvgIpc) is 2.61. The van der Waals surface area contributed by atoms with Gasteiger partial charge >= 0.3 is 0 Å². The van der Waals surface area contributed by atoms with Gasteiger partial charge in [0.05, 0.1) is 0 Å². The van der Waals surface area contributed by atoms with E-state index in [9.17, 15) is 9.50 Å². The molecule has 3 nitrogen and oxygen atoms in total. The third-order valence-electron chi connectivity index (χ3n) is 5.19. The van der Waals surface area contributed by atoms with Gasteiger partial charge in [-0.25, -0.2) is 4.39 Å². The first kappa shape index (κ1) is 18.9. The van der Waals surface area contributed by atoms with Crippen LogP contribution in [0.3, 0.4) is 0 Å². The van der Waals surface area contributed by atoms with Crippen molar-refractivity contribution in [2.75, 3.05) is 33.2 Å². The van der Waals surface area contributed by atoms with Gasteiger partial charge in [-0.05, 0) is 68.1 Å². The molecule has 0 aromatic heterocycles. The van der Waals surface area contributed by atoms with E-state index >= 15 is 0 Å². The Balaban J connectivity index is 1.46. The van der Waals surface area contributed by atoms with E-state index in [-0.39, 0.29) is 5.82 Å². The standard InChI is InChI=1S/C22H29FN2O/c1-24(15-18-6-4-9-21(26)14-18)16-19-7-5-12-25(17-19)13-11-20-8-2-3-10-22(20)23/h2-4,6,8-10,14,19,26H,5,7,11-13,15-17H2,1H3/t19-/m1/s1. The first-order valence-electron chi connectivity index (χ1n) is 9.52. The Morgan fingerprint density at radius 3 is 2.85 bits per heavy atom. The number of phenolic OH excluding ortho intramolecular Hbond substituents is 1. The summed E-state index contributed by atoms with van der Waals surface area (Å²) in [4.78, 5) is 4.81. The van der Waals surface area contributed by atoms with Gasteiger partial charge in [-0.3, -0.25) is 0 Å². The van der Waals surface area contributed by atoms with E-state index in [4.69, 9.17) is 0 Å². The first-order chi connectivity index (χ1) is 12.6. The van der Waals surface area contributed by atoms with Crippen molar-refractivity contribution in [1.82, 2.24) is 9.80 Å². The van der Waals surface area contributed by atoms with Gasteiger partial charge in [0.25, 0.3) is 0 Å². The van der Waals surface area contributed by atoms with Gasteiger partial charge in [-0.15, -0.1) is 0 Å². The highest BCUT2D eigenvalue weighted by Crippen LogP contribution is 2.20. The minimum absolute atomic E-state index is 0.0908. The van der Waals surface area contributed by atoms with Gasteiger partial charge in [0, 0.05) is 26.2 Å². The molecule has 1 fully saturated rings. The van der Waals surface area contributed by atoms with E-state index in [1.165, 1.54) is 12.8 Å². The fourth-order valence-corrected chi connectivity index (χ4v) is 3.95. The molecule has 26 heavy (non-hydrogen) atoms. The zero-order valence-electron chi connectivity index (χ0n) is 15.6. The van der Waals surface area contributed by atoms with Crippen molar-refractivity contribution < 1.29 is 9.50 Å². The molecule has 1 aliphatic heterocycles. The van der Waals surface area contributed by atoms with E-state index in [2.05, 4.69) is 22.9 Å². The van der Waals surface area contributed by atoms with Crippen molar-refractivity contribution in [3.05, 3.63) is 65.5 Å². The van der Waals surface area contributed by atoms with Gasteiger partial charge in [0.15, 0.2) is 0 Å². The smallest absolute Gasteiger partial charge is 0.126 e. The molecule has 1 N–H and O–H groups in total. The van der Waals surface area contributed by atoms with Crippen molar-refractivity contribution in [2.45, 2.75) is 25.8 Å². The first-order valence-corrected chi connectivity index (χ1v) is 9.52. The average molecular weight is 356 g/mol. The van der Waals surface area contributed by atoms with Crippen LogP contribution >= 0.6 is 0 Å². The second-order valence-corrected chi connectivity index (χ2v) is 7.52. The fraction of sp³-hybridized carbons (Fsp3) is 0.455. The third kappa shape index (κ3) is 5.55. The van der Waals surface area contributed by atoms with Crippen LogP contribution in [0.15, 0.2) is 48.5 Å². The van der Waals surface area contributed by atoms with Gasteiger partial charge in [0.1, 0.15) is 11.6 Å². The van der Waals surface area contributed by atoms with Crippen LogP contribution in [-0.4, -0.2) is 48.1 Å². The molecule has 1 saturated heterocycles. The molecule has 0 aliphatic carbocycles. The van der Waals surface area contributed by atoms with E-state index in [1.807, 2.05) is 24.3 Å². The summed E-state index contributed by atoms with van der Waals surface area (Å²) in [7, 11) is 2.14. The van der Waals surface area contributed by atoms with Gasteiger partial charge in [-0.1, -0.05) is 30.3 Å². The SMILES string of the molecule is CN(Cc1cccc(O)c1)C[C@H]1CCCN(CCc2ccccc2F)C1. The molecule has 0 amide bonds. The van der Waals surface area contributed by atoms with E-state index in [0.717, 1.165) is 50.3 Å². The lowest BCUT2D eigenvalue weighted by Crippen LogP contribution is -2.40. The Kier molecular flexibility index (Phi) is 6.64. The Bertz CT molecular complexity index is 706. The number of likely N-dealkylation sites (tertiary alicyclic amines) is 1. The third-order valence-corrected chi connectivity index (χ3v) is 5.19. The summed E-state index contributed by atoms with van der Waals surface area (Å²) in [6.45, 7) is 5.01. The van der Waals surface area contributed by atoms with Crippen molar-refractivity contribution in [3.63, 3.8) is 0 Å². The van der Waals surface area contributed by atoms with Crippen molar-refractivity contribution in [3.8, 4) is 5.75 Å². The maximum atomic E-state index is 13.8. The van der Waals surface area contributed by atoms with Crippen molar-refractivity contribution in [2.24, 2.45) is 5.92 Å². The monoisotopic (exact) mass is 356 g/mol. The number of halogens is 1. The van der Waals surface area contributed by atoms with E-state index < -0.39 is 0 Å². The van der Waals surface area contributed by atoms with Crippen LogP contribution in [0, 0.1) is 11.7 Å². The predicted molar refractivity (Wildman–Crippen MR) is 104 cm³/mol. The summed E-state index contributed by atoms with van der Waals surface area (Å²) in [6.07, 6.45) is 3.24. The van der Waals surface area contributed by atoms with E-state index in [0.29, 0.717) is 11.7 Å². The highest BCUT2D eigenvalue weighted by atomic mass is 19.1. The molecule has 3 rings (SSSR count). The summed E-state index contributed by atoms with van der Waals surface area (Å²) in [5.74, 6) is 0.881. The Morgan fingerprint density at radius 2 is 2.04 bits per heavy atom. The Labute approximate surface area is 156 Å². The number of phenols is 1. The zero-order valence-corrected chi connectivity index (χ0v) is 15.6. The lowest BCUT2D eigenvalue weighted by Gasteiger charge is -2.34. The molecule has 2 aromatic carbocycles. The molecule has 4 heteroatoms. The van der Waals surface area contributed by atoms with Crippen LogP contribution in [0.4, 0.5) is 4.39 Å². The summed E-state index contributed by atoms with van der Waals surface area (Å²) >= 11 is 0. The molecule has 0 saturated carbocycles. The molecule has 0 unspecified atom stereocenters. The summed E-state index contributed by atoms with van der Waals surface area (Å²) in [6, 6.07) is 14.6. The largest absolute Gasteiger partial charge is 0.508 e. The van der Waals surface area contributed by atoms with Crippen LogP contribution in [0.2, 0.25) is 0 Å². The molecule has 0 radical (unpaired) electrons. The van der Waals surface area contributed by atoms with Crippen LogP contribution < -0.4 is 0 Å². The highest BCUT2D eigenvalue weighted by Gasteiger charge is 2.21. The minimum atomic E-state index is -0.0908. The highest BCUT2D eigenvalue weighted by molar-refractivity contribution is 5.27. The van der Waals surface area contributed by atoms with Crippen LogP contribution in [0.5, 0.6) is 5.75 Å². The van der Waals surface area contributed by atoms with Crippen molar-refractivity contribution in [1.29, 1.82) is 0 Å². The molecule has 1 aliphatic rings. The van der Waals surface area contributed by atoms with Crippen LogP contribution in [0.25, 0.3) is 0 Å². The molecule has 0 spiro atoms. The maximum absolute atomic E-state index is 13.8. The number of nitrogens with zero attached hydrogens (tertiary/aromatic N) is 2.